The molecule has 0 aliphatic carbocycles. The molecule has 0 saturated heterocycles. The van der Waals surface area contributed by atoms with Crippen LogP contribution in [0.3, 0.4) is 0 Å². The van der Waals surface area contributed by atoms with Crippen molar-refractivity contribution in [2.45, 2.75) is 20.3 Å². The number of nitrogens with zero attached hydrogens (tertiary/aromatic N) is 3. The first-order chi connectivity index (χ1) is 8.10. The first kappa shape index (κ1) is 13.5. The Balaban J connectivity index is 2.81. The van der Waals surface area contributed by atoms with E-state index in [1.165, 1.54) is 11.3 Å². The van der Waals surface area contributed by atoms with Gasteiger partial charge in [0.15, 0.2) is 10.8 Å². The van der Waals surface area contributed by atoms with Crippen molar-refractivity contribution in [1.29, 1.82) is 5.26 Å². The number of rotatable bonds is 5. The fraction of sp³-hybridized carbons (Fsp3) is 0.545. The predicted molar refractivity (Wildman–Crippen MR) is 66.3 cm³/mol. The number of aryl methyl sites for hydroxylation is 1. The van der Waals surface area contributed by atoms with Crippen LogP contribution < -0.4 is 4.90 Å². The molecule has 0 aliphatic heterocycles. The van der Waals surface area contributed by atoms with E-state index >= 15 is 0 Å². The van der Waals surface area contributed by atoms with Crippen molar-refractivity contribution in [2.75, 3.05) is 25.1 Å². The molecule has 0 fully saturated rings. The maximum atomic E-state index is 11.6. The summed E-state index contributed by atoms with van der Waals surface area (Å²) in [6, 6.07) is 2.08. The third-order valence-electron chi connectivity index (χ3n) is 2.14. The highest BCUT2D eigenvalue weighted by atomic mass is 32.1. The standard InChI is InChI=1S/C11H15N3O2S/c1-4-16-10(15)9-8(2)17-11(13-9)14(3)7-5-6-12/h4-5,7H2,1-3H3. The van der Waals surface area contributed by atoms with Crippen molar-refractivity contribution in [3.63, 3.8) is 0 Å². The predicted octanol–water partition coefficient (Wildman–Crippen LogP) is 1.98. The monoisotopic (exact) mass is 253 g/mol. The van der Waals surface area contributed by atoms with Gasteiger partial charge in [0.2, 0.25) is 0 Å². The van der Waals surface area contributed by atoms with Crippen LogP contribution in [0.15, 0.2) is 0 Å². The molecule has 0 aliphatic rings. The Hall–Kier alpha value is -1.61. The molecule has 1 heterocycles. The number of hydrogen-bond donors (Lipinski definition) is 0. The minimum atomic E-state index is -0.388. The Morgan fingerprint density at radius 3 is 2.94 bits per heavy atom. The largest absolute Gasteiger partial charge is 0.461 e. The third kappa shape index (κ3) is 3.43. The van der Waals surface area contributed by atoms with Crippen molar-refractivity contribution in [3.05, 3.63) is 10.6 Å². The maximum absolute atomic E-state index is 11.6. The molecule has 0 radical (unpaired) electrons. The van der Waals surface area contributed by atoms with Crippen LogP contribution in [-0.4, -0.2) is 31.2 Å². The molecule has 0 spiro atoms. The zero-order chi connectivity index (χ0) is 12.8. The fourth-order valence-corrected chi connectivity index (χ4v) is 2.13. The second kappa shape index (κ2) is 6.21. The summed E-state index contributed by atoms with van der Waals surface area (Å²) in [5.41, 5.74) is 0.371. The van der Waals surface area contributed by atoms with Gasteiger partial charge in [0.25, 0.3) is 0 Å². The number of thiazole rings is 1. The quantitative estimate of drug-likeness (QED) is 0.751. The van der Waals surface area contributed by atoms with E-state index in [1.54, 1.807) is 6.92 Å². The van der Waals surface area contributed by atoms with Crippen molar-refractivity contribution >= 4 is 22.4 Å². The molecule has 0 amide bonds. The van der Waals surface area contributed by atoms with Crippen LogP contribution in [0, 0.1) is 18.3 Å². The number of aromatic nitrogens is 1. The van der Waals surface area contributed by atoms with Crippen LogP contribution in [0.2, 0.25) is 0 Å². The van der Waals surface area contributed by atoms with Crippen LogP contribution in [0.5, 0.6) is 0 Å². The van der Waals surface area contributed by atoms with E-state index in [4.69, 9.17) is 10.00 Å². The van der Waals surface area contributed by atoms with Crippen molar-refractivity contribution in [3.8, 4) is 6.07 Å². The van der Waals surface area contributed by atoms with E-state index < -0.39 is 0 Å². The number of esters is 1. The zero-order valence-electron chi connectivity index (χ0n) is 10.2. The lowest BCUT2D eigenvalue weighted by Crippen LogP contribution is -2.18. The van der Waals surface area contributed by atoms with Gasteiger partial charge in [0.1, 0.15) is 0 Å². The Labute approximate surface area is 105 Å². The number of hydrogen-bond acceptors (Lipinski definition) is 6. The minimum absolute atomic E-state index is 0.343. The van der Waals surface area contributed by atoms with Crippen LogP contribution in [0.25, 0.3) is 0 Å². The molecule has 92 valence electrons. The molecular weight excluding hydrogens is 238 g/mol. The van der Waals surface area contributed by atoms with E-state index in [0.717, 1.165) is 10.0 Å². The lowest BCUT2D eigenvalue weighted by atomic mass is 10.4. The van der Waals surface area contributed by atoms with Crippen LogP contribution >= 0.6 is 11.3 Å². The molecule has 0 unspecified atom stereocenters. The van der Waals surface area contributed by atoms with E-state index in [-0.39, 0.29) is 5.97 Å². The Kier molecular flexibility index (Phi) is 4.91. The van der Waals surface area contributed by atoms with Crippen molar-refractivity contribution < 1.29 is 9.53 Å². The summed E-state index contributed by atoms with van der Waals surface area (Å²) in [7, 11) is 1.85. The molecule has 0 aromatic carbocycles. The average molecular weight is 253 g/mol. The lowest BCUT2D eigenvalue weighted by molar-refractivity contribution is 0.0519. The number of ether oxygens (including phenoxy) is 1. The number of carbonyl (C=O) groups excluding carboxylic acids is 1. The lowest BCUT2D eigenvalue weighted by Gasteiger charge is -2.12. The second-order valence-corrected chi connectivity index (χ2v) is 4.63. The molecule has 0 atom stereocenters. The zero-order valence-corrected chi connectivity index (χ0v) is 11.0. The van der Waals surface area contributed by atoms with E-state index in [9.17, 15) is 4.79 Å². The Bertz CT molecular complexity index is 436. The topological polar surface area (TPSA) is 66.2 Å². The summed E-state index contributed by atoms with van der Waals surface area (Å²) < 4.78 is 4.92. The minimum Gasteiger partial charge on any atom is -0.461 e. The molecule has 0 N–H and O–H groups in total. The molecule has 1 aromatic heterocycles. The van der Waals surface area contributed by atoms with Crippen molar-refractivity contribution in [2.24, 2.45) is 0 Å². The van der Waals surface area contributed by atoms with Crippen LogP contribution in [-0.2, 0) is 4.74 Å². The summed E-state index contributed by atoms with van der Waals surface area (Å²) in [4.78, 5) is 18.5. The van der Waals surface area contributed by atoms with Gasteiger partial charge in [0, 0.05) is 18.5 Å². The summed E-state index contributed by atoms with van der Waals surface area (Å²) in [6.07, 6.45) is 0.434. The van der Waals surface area contributed by atoms with Gasteiger partial charge < -0.3 is 9.64 Å². The van der Waals surface area contributed by atoms with Gasteiger partial charge in [0.05, 0.1) is 19.1 Å². The Morgan fingerprint density at radius 2 is 2.35 bits per heavy atom. The van der Waals surface area contributed by atoms with E-state index in [1.807, 2.05) is 18.9 Å². The van der Waals surface area contributed by atoms with Gasteiger partial charge >= 0.3 is 5.97 Å². The highest BCUT2D eigenvalue weighted by Gasteiger charge is 2.17. The van der Waals surface area contributed by atoms with Gasteiger partial charge in [-0.1, -0.05) is 0 Å². The van der Waals surface area contributed by atoms with Crippen molar-refractivity contribution in [1.82, 2.24) is 4.98 Å². The highest BCUT2D eigenvalue weighted by molar-refractivity contribution is 7.15. The molecule has 0 saturated carbocycles. The second-order valence-electron chi connectivity index (χ2n) is 3.45. The van der Waals surface area contributed by atoms with Crippen LogP contribution in [0.4, 0.5) is 5.13 Å². The molecule has 6 heteroatoms. The highest BCUT2D eigenvalue weighted by Crippen LogP contribution is 2.25. The van der Waals surface area contributed by atoms with E-state index in [0.29, 0.717) is 25.3 Å². The molecule has 0 bridgehead atoms. The summed E-state index contributed by atoms with van der Waals surface area (Å²) in [5, 5.41) is 9.25. The van der Waals surface area contributed by atoms with E-state index in [2.05, 4.69) is 11.1 Å². The van der Waals surface area contributed by atoms with Gasteiger partial charge in [-0.2, -0.15) is 5.26 Å². The molecule has 5 nitrogen and oxygen atoms in total. The third-order valence-corrected chi connectivity index (χ3v) is 3.22. The first-order valence-electron chi connectivity index (χ1n) is 5.32. The summed E-state index contributed by atoms with van der Waals surface area (Å²) >= 11 is 1.43. The van der Waals surface area contributed by atoms with Gasteiger partial charge in [-0.15, -0.1) is 11.3 Å². The molecule has 17 heavy (non-hydrogen) atoms. The Morgan fingerprint density at radius 1 is 1.65 bits per heavy atom. The number of carbonyl (C=O) groups is 1. The van der Waals surface area contributed by atoms with Gasteiger partial charge in [-0.3, -0.25) is 0 Å². The first-order valence-corrected chi connectivity index (χ1v) is 6.14. The maximum Gasteiger partial charge on any atom is 0.358 e. The molecular formula is C11H15N3O2S. The van der Waals surface area contributed by atoms with Crippen LogP contribution in [0.1, 0.15) is 28.7 Å². The smallest absolute Gasteiger partial charge is 0.358 e. The average Bonchev–Trinajstić information content (AvgIpc) is 2.68. The summed E-state index contributed by atoms with van der Waals surface area (Å²) in [6.45, 7) is 4.55. The van der Waals surface area contributed by atoms with Gasteiger partial charge in [-0.05, 0) is 13.8 Å². The fourth-order valence-electron chi connectivity index (χ4n) is 1.25. The normalized spacial score (nSPS) is 9.76. The van der Waals surface area contributed by atoms with Gasteiger partial charge in [-0.25, -0.2) is 9.78 Å². The number of nitriles is 1. The SMILES string of the molecule is CCOC(=O)c1nc(N(C)CCC#N)sc1C. The molecule has 1 aromatic rings. The summed E-state index contributed by atoms with van der Waals surface area (Å²) in [5.74, 6) is -0.388. The molecule has 1 rings (SSSR count). The number of anilines is 1.